The smallest absolute Gasteiger partial charge is 0.150 e. The summed E-state index contributed by atoms with van der Waals surface area (Å²) in [6.45, 7) is 4.61. The Morgan fingerprint density at radius 1 is 1.24 bits per heavy atom. The van der Waals surface area contributed by atoms with E-state index in [2.05, 4.69) is 31.6 Å². The quantitative estimate of drug-likeness (QED) is 0.824. The Labute approximate surface area is 104 Å². The average Bonchev–Trinajstić information content (AvgIpc) is 3.02. The van der Waals surface area contributed by atoms with Gasteiger partial charge in [-0.05, 0) is 23.3 Å². The van der Waals surface area contributed by atoms with Crippen molar-refractivity contribution in [2.24, 2.45) is 11.8 Å². The maximum Gasteiger partial charge on any atom is 0.150 e. The van der Waals surface area contributed by atoms with Gasteiger partial charge in [-0.1, -0.05) is 0 Å². The number of thiophene rings is 1. The number of anilines is 1. The highest BCUT2D eigenvalue weighted by molar-refractivity contribution is 7.17. The van der Waals surface area contributed by atoms with Crippen LogP contribution in [0.4, 0.5) is 5.82 Å². The zero-order chi connectivity index (χ0) is 11.2. The van der Waals surface area contributed by atoms with Crippen molar-refractivity contribution in [3.05, 3.63) is 17.8 Å². The summed E-state index contributed by atoms with van der Waals surface area (Å²) in [6.07, 6.45) is 1.69. The molecule has 0 saturated carbocycles. The first kappa shape index (κ1) is 9.79. The van der Waals surface area contributed by atoms with Gasteiger partial charge in [0.1, 0.15) is 12.1 Å². The highest BCUT2D eigenvalue weighted by atomic mass is 32.1. The molecule has 2 aliphatic rings. The van der Waals surface area contributed by atoms with Gasteiger partial charge in [-0.2, -0.15) is 0 Å². The van der Waals surface area contributed by atoms with Gasteiger partial charge in [-0.25, -0.2) is 9.97 Å². The fourth-order valence-corrected chi connectivity index (χ4v) is 3.89. The van der Waals surface area contributed by atoms with Crippen LogP contribution in [0, 0.1) is 11.8 Å². The molecule has 2 aromatic heterocycles. The zero-order valence-corrected chi connectivity index (χ0v) is 10.3. The van der Waals surface area contributed by atoms with Gasteiger partial charge in [0, 0.05) is 26.2 Å². The van der Waals surface area contributed by atoms with Crippen LogP contribution in [0.2, 0.25) is 0 Å². The molecule has 5 heteroatoms. The van der Waals surface area contributed by atoms with Crippen LogP contribution in [0.15, 0.2) is 17.8 Å². The normalized spacial score (nSPS) is 27.9. The van der Waals surface area contributed by atoms with Crippen molar-refractivity contribution in [1.82, 2.24) is 15.3 Å². The summed E-state index contributed by atoms with van der Waals surface area (Å²) in [5, 5.41) is 5.57. The van der Waals surface area contributed by atoms with E-state index in [1.54, 1.807) is 17.7 Å². The maximum absolute atomic E-state index is 4.49. The molecule has 0 radical (unpaired) electrons. The molecule has 2 unspecified atom stereocenters. The SMILES string of the molecule is c1nc(N2CC3CNCC3C2)c2sccc2n1. The molecule has 88 valence electrons. The van der Waals surface area contributed by atoms with Gasteiger partial charge in [0.2, 0.25) is 0 Å². The Kier molecular flexibility index (Phi) is 2.10. The first-order valence-corrected chi connectivity index (χ1v) is 6.93. The van der Waals surface area contributed by atoms with E-state index in [0.717, 1.165) is 36.3 Å². The van der Waals surface area contributed by atoms with Crippen molar-refractivity contribution in [2.75, 3.05) is 31.1 Å². The van der Waals surface area contributed by atoms with E-state index < -0.39 is 0 Å². The number of hydrogen-bond acceptors (Lipinski definition) is 5. The second kappa shape index (κ2) is 3.65. The third kappa shape index (κ3) is 1.46. The highest BCUT2D eigenvalue weighted by Crippen LogP contribution is 2.34. The van der Waals surface area contributed by atoms with Crippen LogP contribution in [0.5, 0.6) is 0 Å². The van der Waals surface area contributed by atoms with Crippen LogP contribution in [0.25, 0.3) is 10.2 Å². The van der Waals surface area contributed by atoms with Gasteiger partial charge in [0.15, 0.2) is 0 Å². The van der Waals surface area contributed by atoms with Crippen molar-refractivity contribution in [3.63, 3.8) is 0 Å². The van der Waals surface area contributed by atoms with Crippen LogP contribution < -0.4 is 10.2 Å². The van der Waals surface area contributed by atoms with E-state index in [0.29, 0.717) is 0 Å². The number of nitrogens with one attached hydrogen (secondary N) is 1. The molecule has 1 N–H and O–H groups in total. The molecule has 2 fully saturated rings. The summed E-state index contributed by atoms with van der Waals surface area (Å²) >= 11 is 1.75. The van der Waals surface area contributed by atoms with E-state index in [4.69, 9.17) is 0 Å². The summed E-state index contributed by atoms with van der Waals surface area (Å²) in [4.78, 5) is 11.2. The van der Waals surface area contributed by atoms with Crippen LogP contribution >= 0.6 is 11.3 Å². The van der Waals surface area contributed by atoms with E-state index in [1.165, 1.54) is 17.8 Å². The van der Waals surface area contributed by atoms with Crippen LogP contribution in [-0.2, 0) is 0 Å². The minimum absolute atomic E-state index is 0.806. The first-order chi connectivity index (χ1) is 8.42. The van der Waals surface area contributed by atoms with Crippen LogP contribution in [-0.4, -0.2) is 36.1 Å². The lowest BCUT2D eigenvalue weighted by Gasteiger charge is -2.18. The number of hydrogen-bond donors (Lipinski definition) is 1. The number of rotatable bonds is 1. The third-order valence-electron chi connectivity index (χ3n) is 3.91. The minimum Gasteiger partial charge on any atom is -0.355 e. The fourth-order valence-electron chi connectivity index (χ4n) is 3.03. The Morgan fingerprint density at radius 2 is 2.06 bits per heavy atom. The molecule has 0 spiro atoms. The fraction of sp³-hybridized carbons (Fsp3) is 0.500. The lowest BCUT2D eigenvalue weighted by atomic mass is 10.0. The molecule has 2 atom stereocenters. The number of fused-ring (bicyclic) bond motifs is 2. The second-order valence-electron chi connectivity index (χ2n) is 4.92. The third-order valence-corrected chi connectivity index (χ3v) is 4.81. The Hall–Kier alpha value is -1.20. The maximum atomic E-state index is 4.49. The molecule has 17 heavy (non-hydrogen) atoms. The van der Waals surface area contributed by atoms with Gasteiger partial charge in [0.25, 0.3) is 0 Å². The van der Waals surface area contributed by atoms with E-state index in [9.17, 15) is 0 Å². The van der Waals surface area contributed by atoms with Crippen molar-refractivity contribution in [1.29, 1.82) is 0 Å². The lowest BCUT2D eigenvalue weighted by Crippen LogP contribution is -2.26. The highest BCUT2D eigenvalue weighted by Gasteiger charge is 2.37. The monoisotopic (exact) mass is 246 g/mol. The van der Waals surface area contributed by atoms with Crippen molar-refractivity contribution < 1.29 is 0 Å². The second-order valence-corrected chi connectivity index (χ2v) is 5.83. The molecule has 4 rings (SSSR count). The predicted molar refractivity (Wildman–Crippen MR) is 69.5 cm³/mol. The summed E-state index contributed by atoms with van der Waals surface area (Å²) in [7, 11) is 0. The average molecular weight is 246 g/mol. The molecule has 2 saturated heterocycles. The van der Waals surface area contributed by atoms with Crippen LogP contribution in [0.3, 0.4) is 0 Å². The van der Waals surface area contributed by atoms with Gasteiger partial charge >= 0.3 is 0 Å². The van der Waals surface area contributed by atoms with E-state index in [-0.39, 0.29) is 0 Å². The van der Waals surface area contributed by atoms with E-state index >= 15 is 0 Å². The Balaban J connectivity index is 1.73. The predicted octanol–water partition coefficient (Wildman–Crippen LogP) is 1.35. The molecule has 4 heterocycles. The molecular weight excluding hydrogens is 232 g/mol. The van der Waals surface area contributed by atoms with Crippen LogP contribution in [0.1, 0.15) is 0 Å². The molecule has 0 aromatic carbocycles. The largest absolute Gasteiger partial charge is 0.355 e. The summed E-state index contributed by atoms with van der Waals surface area (Å²) in [5.74, 6) is 2.75. The van der Waals surface area contributed by atoms with E-state index in [1.807, 2.05) is 0 Å². The van der Waals surface area contributed by atoms with Gasteiger partial charge in [-0.3, -0.25) is 0 Å². The summed E-state index contributed by atoms with van der Waals surface area (Å²) < 4.78 is 1.24. The Bertz CT molecular complexity index is 540. The Morgan fingerprint density at radius 3 is 2.88 bits per heavy atom. The lowest BCUT2D eigenvalue weighted by molar-refractivity contribution is 0.533. The molecule has 0 bridgehead atoms. The van der Waals surface area contributed by atoms with Crippen molar-refractivity contribution >= 4 is 27.4 Å². The summed E-state index contributed by atoms with van der Waals surface area (Å²) in [6, 6.07) is 2.07. The number of aromatic nitrogens is 2. The molecule has 4 nitrogen and oxygen atoms in total. The number of nitrogens with zero attached hydrogens (tertiary/aromatic N) is 3. The molecule has 2 aliphatic heterocycles. The van der Waals surface area contributed by atoms with Crippen molar-refractivity contribution in [3.8, 4) is 0 Å². The molecule has 0 amide bonds. The first-order valence-electron chi connectivity index (χ1n) is 6.05. The van der Waals surface area contributed by atoms with Gasteiger partial charge in [-0.15, -0.1) is 11.3 Å². The topological polar surface area (TPSA) is 41.1 Å². The molecule has 0 aliphatic carbocycles. The standard InChI is InChI=1S/C12H14N4S/c1-2-17-11-10(1)14-7-15-12(11)16-5-8-3-13-4-9(8)6-16/h1-2,7-9,13H,3-6H2. The van der Waals surface area contributed by atoms with Gasteiger partial charge in [0.05, 0.1) is 10.2 Å². The molecular formula is C12H14N4S. The van der Waals surface area contributed by atoms with Gasteiger partial charge < -0.3 is 10.2 Å². The summed E-state index contributed by atoms with van der Waals surface area (Å²) in [5.41, 5.74) is 1.08. The molecule has 2 aromatic rings. The van der Waals surface area contributed by atoms with Crippen molar-refractivity contribution in [2.45, 2.75) is 0 Å². The zero-order valence-electron chi connectivity index (χ0n) is 9.47. The minimum atomic E-state index is 0.806.